The van der Waals surface area contributed by atoms with E-state index in [4.69, 9.17) is 0 Å². The molecule has 3 N–H and O–H groups in total. The van der Waals surface area contributed by atoms with Crippen molar-refractivity contribution in [3.63, 3.8) is 0 Å². The topological polar surface area (TPSA) is 109 Å². The minimum Gasteiger partial charge on any atom is -0.357 e. The summed E-state index contributed by atoms with van der Waals surface area (Å²) in [4.78, 5) is 51.7. The van der Waals surface area contributed by atoms with E-state index >= 15 is 0 Å². The number of nitrogens with zero attached hydrogens (tertiary/aromatic N) is 1. The number of ketones is 1. The second-order valence-corrected chi connectivity index (χ2v) is 9.62. The van der Waals surface area contributed by atoms with Gasteiger partial charge in [-0.25, -0.2) is 17.6 Å². The van der Waals surface area contributed by atoms with E-state index in [-0.39, 0.29) is 28.4 Å². The maximum atomic E-state index is 13.6. The van der Waals surface area contributed by atoms with E-state index in [1.165, 1.54) is 20.0 Å². The molecule has 0 bridgehead atoms. The van der Waals surface area contributed by atoms with Crippen molar-refractivity contribution in [1.29, 1.82) is 0 Å². The van der Waals surface area contributed by atoms with Gasteiger partial charge < -0.3 is 20.5 Å². The lowest BCUT2D eigenvalue weighted by molar-refractivity contribution is -0.164. The molecule has 1 aromatic heterocycles. The molecular weight excluding hydrogens is 496 g/mol. The summed E-state index contributed by atoms with van der Waals surface area (Å²) in [6, 6.07) is 2.86. The highest BCUT2D eigenvalue weighted by Gasteiger charge is 2.62. The molecule has 8 nitrogen and oxygen atoms in total. The van der Waals surface area contributed by atoms with Crippen LogP contribution in [0.3, 0.4) is 0 Å². The molecule has 2 aromatic rings. The first-order valence-electron chi connectivity index (χ1n) is 11.8. The molecule has 1 atom stereocenters. The van der Waals surface area contributed by atoms with Crippen molar-refractivity contribution in [2.45, 2.75) is 57.5 Å². The Morgan fingerprint density at radius 3 is 2.35 bits per heavy atom. The van der Waals surface area contributed by atoms with Crippen LogP contribution in [0, 0.1) is 24.5 Å². The number of halogens is 4. The zero-order valence-corrected chi connectivity index (χ0v) is 20.4. The molecule has 0 unspecified atom stereocenters. The minimum atomic E-state index is -3.16. The van der Waals surface area contributed by atoms with Crippen LogP contribution in [0.15, 0.2) is 18.2 Å². The Morgan fingerprint density at radius 1 is 1.11 bits per heavy atom. The van der Waals surface area contributed by atoms with Gasteiger partial charge in [0.1, 0.15) is 5.54 Å². The van der Waals surface area contributed by atoms with E-state index in [9.17, 15) is 36.7 Å². The standard InChI is InChI=1S/C25H26F4N4O4/c1-4-13-7-17-18(21(35)31-14-5-6-15(26)16(27)8-14)12(2)19(33(17)9-13)20(34)22(36)32-24(23(37)30-3)10-25(28,29)11-24/h5-6,8,13H,4,7,9-11H2,1-3H3,(H,30,37)(H,31,35)(H,32,36)/t13-/m1/s1. The number of benzene rings is 1. The van der Waals surface area contributed by atoms with E-state index < -0.39 is 59.4 Å². The van der Waals surface area contributed by atoms with Gasteiger partial charge in [-0.3, -0.25) is 19.2 Å². The summed E-state index contributed by atoms with van der Waals surface area (Å²) in [5.74, 6) is -9.14. The Morgan fingerprint density at radius 2 is 1.78 bits per heavy atom. The van der Waals surface area contributed by atoms with Gasteiger partial charge in [0.2, 0.25) is 5.91 Å². The van der Waals surface area contributed by atoms with Gasteiger partial charge in [0.15, 0.2) is 11.6 Å². The van der Waals surface area contributed by atoms with E-state index in [2.05, 4.69) is 16.0 Å². The minimum absolute atomic E-state index is 0.00246. The highest BCUT2D eigenvalue weighted by atomic mass is 19.3. The van der Waals surface area contributed by atoms with Gasteiger partial charge >= 0.3 is 0 Å². The van der Waals surface area contributed by atoms with Crippen molar-refractivity contribution < 1.29 is 36.7 Å². The lowest BCUT2D eigenvalue weighted by Gasteiger charge is -2.45. The third-order valence-electron chi connectivity index (χ3n) is 7.08. The van der Waals surface area contributed by atoms with Gasteiger partial charge in [0, 0.05) is 43.9 Å². The van der Waals surface area contributed by atoms with Gasteiger partial charge in [0.05, 0.1) is 11.3 Å². The molecule has 198 valence electrons. The van der Waals surface area contributed by atoms with E-state index in [0.717, 1.165) is 18.6 Å². The maximum Gasteiger partial charge on any atom is 0.294 e. The number of likely N-dealkylation sites (N-methyl/N-ethyl adjacent to an activating group) is 1. The van der Waals surface area contributed by atoms with Crippen molar-refractivity contribution in [3.05, 3.63) is 52.3 Å². The summed E-state index contributed by atoms with van der Waals surface area (Å²) < 4.78 is 55.8. The fourth-order valence-corrected chi connectivity index (χ4v) is 5.21. The average molecular weight is 522 g/mol. The quantitative estimate of drug-likeness (QED) is 0.295. The lowest BCUT2D eigenvalue weighted by atomic mass is 9.72. The molecule has 4 rings (SSSR count). The first-order valence-corrected chi connectivity index (χ1v) is 11.8. The highest BCUT2D eigenvalue weighted by molar-refractivity contribution is 6.43. The van der Waals surface area contributed by atoms with Gasteiger partial charge in [0.25, 0.3) is 23.5 Å². The smallest absolute Gasteiger partial charge is 0.294 e. The van der Waals surface area contributed by atoms with Crippen LogP contribution < -0.4 is 16.0 Å². The Balaban J connectivity index is 1.66. The average Bonchev–Trinajstić information content (AvgIpc) is 3.34. The van der Waals surface area contributed by atoms with Gasteiger partial charge in [-0.15, -0.1) is 0 Å². The number of Topliss-reactive ketones (excluding diaryl/α,β-unsaturated/α-hetero) is 1. The molecule has 37 heavy (non-hydrogen) atoms. The van der Waals surface area contributed by atoms with Gasteiger partial charge in [-0.2, -0.15) is 0 Å². The number of anilines is 1. The number of alkyl halides is 2. The number of carbonyl (C=O) groups excluding carboxylic acids is 4. The van der Waals surface area contributed by atoms with Crippen LogP contribution in [0.4, 0.5) is 23.2 Å². The van der Waals surface area contributed by atoms with Crippen LogP contribution in [-0.2, 0) is 22.6 Å². The largest absolute Gasteiger partial charge is 0.357 e. The zero-order valence-electron chi connectivity index (χ0n) is 20.4. The van der Waals surface area contributed by atoms with Crippen LogP contribution in [0.2, 0.25) is 0 Å². The Hall–Kier alpha value is -3.70. The SMILES string of the molecule is CC[C@@H]1Cc2c(C(=O)Nc3ccc(F)c(F)c3)c(C)c(C(=O)C(=O)NC3(C(=O)NC)CC(F)(F)C3)n2C1. The maximum absolute atomic E-state index is 13.6. The molecule has 0 radical (unpaired) electrons. The van der Waals surface area contributed by atoms with Crippen LogP contribution in [0.1, 0.15) is 58.3 Å². The Kier molecular flexibility index (Phi) is 6.63. The van der Waals surface area contributed by atoms with Crippen molar-refractivity contribution in [1.82, 2.24) is 15.2 Å². The molecule has 2 heterocycles. The summed E-state index contributed by atoms with van der Waals surface area (Å²) >= 11 is 0. The van der Waals surface area contributed by atoms with Crippen molar-refractivity contribution >= 4 is 29.2 Å². The number of nitrogens with one attached hydrogen (secondary N) is 3. The molecule has 1 saturated carbocycles. The number of hydrogen-bond acceptors (Lipinski definition) is 4. The second-order valence-electron chi connectivity index (χ2n) is 9.62. The summed E-state index contributed by atoms with van der Waals surface area (Å²) in [6.45, 7) is 3.75. The first kappa shape index (κ1) is 26.4. The van der Waals surface area contributed by atoms with Crippen molar-refractivity contribution in [2.24, 2.45) is 5.92 Å². The van der Waals surface area contributed by atoms with Crippen molar-refractivity contribution in [2.75, 3.05) is 12.4 Å². The fraction of sp³-hybridized carbons (Fsp3) is 0.440. The van der Waals surface area contributed by atoms with E-state index in [1.807, 2.05) is 6.92 Å². The summed E-state index contributed by atoms with van der Waals surface area (Å²) in [5.41, 5.74) is -1.21. The van der Waals surface area contributed by atoms with Crippen LogP contribution >= 0.6 is 0 Å². The molecule has 12 heteroatoms. The third kappa shape index (κ3) is 4.60. The fourth-order valence-electron chi connectivity index (χ4n) is 5.21. The number of amides is 3. The number of fused-ring (bicyclic) bond motifs is 1. The van der Waals surface area contributed by atoms with Crippen LogP contribution in [0.5, 0.6) is 0 Å². The molecule has 1 aliphatic carbocycles. The number of carbonyl (C=O) groups is 4. The van der Waals surface area contributed by atoms with Gasteiger partial charge in [-0.1, -0.05) is 13.3 Å². The molecular formula is C25H26F4N4O4. The molecule has 1 aliphatic heterocycles. The number of aromatic nitrogens is 1. The Labute approximate surface area is 209 Å². The predicted octanol–water partition coefficient (Wildman–Crippen LogP) is 3.12. The third-order valence-corrected chi connectivity index (χ3v) is 7.08. The molecule has 1 aromatic carbocycles. The molecule has 0 saturated heterocycles. The zero-order chi connectivity index (χ0) is 27.3. The van der Waals surface area contributed by atoms with Crippen molar-refractivity contribution in [3.8, 4) is 0 Å². The van der Waals surface area contributed by atoms with Crippen LogP contribution in [0.25, 0.3) is 0 Å². The monoisotopic (exact) mass is 522 g/mol. The summed E-state index contributed by atoms with van der Waals surface area (Å²) in [5, 5.41) is 6.93. The molecule has 1 fully saturated rings. The number of rotatable bonds is 7. The lowest BCUT2D eigenvalue weighted by Crippen LogP contribution is -2.69. The number of hydrogen-bond donors (Lipinski definition) is 3. The Bertz CT molecular complexity index is 1310. The predicted molar refractivity (Wildman–Crippen MR) is 124 cm³/mol. The molecule has 3 amide bonds. The second kappa shape index (κ2) is 9.31. The van der Waals surface area contributed by atoms with Gasteiger partial charge in [-0.05, 0) is 37.0 Å². The van der Waals surface area contributed by atoms with E-state index in [0.29, 0.717) is 18.7 Å². The van der Waals surface area contributed by atoms with E-state index in [1.54, 1.807) is 4.57 Å². The molecule has 0 spiro atoms. The summed E-state index contributed by atoms with van der Waals surface area (Å²) in [7, 11) is 1.24. The first-order chi connectivity index (χ1) is 17.3. The summed E-state index contributed by atoms with van der Waals surface area (Å²) in [6.07, 6.45) is -0.728. The highest BCUT2D eigenvalue weighted by Crippen LogP contribution is 2.46. The normalized spacial score (nSPS) is 18.9. The molecule has 2 aliphatic rings. The van der Waals surface area contributed by atoms with Crippen LogP contribution in [-0.4, -0.2) is 46.6 Å².